The molecule has 36 heavy (non-hydrogen) atoms. The molecule has 194 valence electrons. The van der Waals surface area contributed by atoms with Crippen molar-refractivity contribution in [2.75, 3.05) is 12.3 Å². The van der Waals surface area contributed by atoms with Crippen molar-refractivity contribution < 1.29 is 37.5 Å². The summed E-state index contributed by atoms with van der Waals surface area (Å²) in [5, 5.41) is 30.0. The topological polar surface area (TPSA) is 238 Å². The first-order chi connectivity index (χ1) is 16.9. The van der Waals surface area contributed by atoms with E-state index in [-0.39, 0.29) is 34.4 Å². The highest BCUT2D eigenvalue weighted by Gasteiger charge is 2.45. The largest absolute Gasteiger partial charge is 0.508 e. The molecule has 0 bridgehead atoms. The maximum atomic E-state index is 12.2. The number of nitrogens with one attached hydrogen (secondary N) is 1. The number of carbonyl (C=O) groups excluding carboxylic acids is 1. The average molecular weight is 544 g/mol. The monoisotopic (exact) mass is 543 g/mol. The molecule has 8 N–H and O–H groups in total. The van der Waals surface area contributed by atoms with E-state index in [1.54, 1.807) is 4.72 Å². The van der Waals surface area contributed by atoms with Crippen LogP contribution in [0.25, 0.3) is 11.2 Å². The number of aromatic hydroxyl groups is 1. The minimum Gasteiger partial charge on any atom is -0.508 e. The molecule has 0 radical (unpaired) electrons. The number of hydrogen-bond acceptors (Lipinski definition) is 13. The molecule has 1 saturated heterocycles. The normalized spacial score (nSPS) is 23.1. The van der Waals surface area contributed by atoms with Crippen molar-refractivity contribution in [2.45, 2.75) is 37.0 Å². The van der Waals surface area contributed by atoms with Gasteiger partial charge >= 0.3 is 10.3 Å². The second-order valence-electron chi connectivity index (χ2n) is 7.93. The molecular weight excluding hydrogens is 522 g/mol. The summed E-state index contributed by atoms with van der Waals surface area (Å²) in [6.07, 6.45) is -4.40. The lowest BCUT2D eigenvalue weighted by atomic mass is 10.1. The molecule has 17 heteroatoms. The van der Waals surface area contributed by atoms with Crippen LogP contribution in [-0.2, 0) is 30.4 Å². The van der Waals surface area contributed by atoms with Crippen molar-refractivity contribution >= 4 is 44.8 Å². The third-order valence-corrected chi connectivity index (χ3v) is 6.44. The number of nitrogens with zero attached hydrogens (tertiary/aromatic N) is 4. The van der Waals surface area contributed by atoms with Gasteiger partial charge in [0.25, 0.3) is 5.91 Å². The van der Waals surface area contributed by atoms with Crippen LogP contribution in [0.5, 0.6) is 5.75 Å². The number of phenols is 1. The van der Waals surface area contributed by atoms with Gasteiger partial charge in [0.15, 0.2) is 17.7 Å². The summed E-state index contributed by atoms with van der Waals surface area (Å²) in [4.78, 5) is 24.0. The fourth-order valence-corrected chi connectivity index (χ4v) is 4.50. The Hall–Kier alpha value is -3.12. The highest BCUT2D eigenvalue weighted by molar-refractivity contribution is 7.85. The predicted octanol–water partition coefficient (Wildman–Crippen LogP) is -1.67. The van der Waals surface area contributed by atoms with E-state index >= 15 is 0 Å². The Balaban J connectivity index is 1.37. The standard InChI is InChI=1S/C19H22ClN7O8S/c20-19-24-15(22)12-16(25-19)27(7-23-12)18-14(30)13(29)11(35-18)6-34-36(32,33)26-17(31)10(21)5-8-1-3-9(28)4-2-8/h1-4,7,10-11,13-14,18,28-30H,5-6,21H2,(H,26,31)(H2,22,24,25)/t10-,11+,13+,14+,18+/m0/s1. The van der Waals surface area contributed by atoms with Crippen LogP contribution < -0.4 is 16.2 Å². The number of carbonyl (C=O) groups is 1. The van der Waals surface area contributed by atoms with Crippen molar-refractivity contribution in [1.82, 2.24) is 24.2 Å². The van der Waals surface area contributed by atoms with E-state index in [0.29, 0.717) is 5.56 Å². The first kappa shape index (κ1) is 26.0. The van der Waals surface area contributed by atoms with Gasteiger partial charge in [0.1, 0.15) is 29.6 Å². The van der Waals surface area contributed by atoms with Crippen molar-refractivity contribution in [3.8, 4) is 5.75 Å². The number of hydrogen-bond donors (Lipinski definition) is 6. The summed E-state index contributed by atoms with van der Waals surface area (Å²) in [5.74, 6) is -1.02. The Morgan fingerprint density at radius 1 is 1.25 bits per heavy atom. The van der Waals surface area contributed by atoms with Crippen LogP contribution in [0, 0.1) is 0 Å². The molecule has 5 atom stereocenters. The van der Waals surface area contributed by atoms with Crippen molar-refractivity contribution in [3.63, 3.8) is 0 Å². The first-order valence-electron chi connectivity index (χ1n) is 10.4. The number of anilines is 1. The van der Waals surface area contributed by atoms with Crippen LogP contribution in [0.4, 0.5) is 5.82 Å². The molecule has 0 aliphatic carbocycles. The van der Waals surface area contributed by atoms with Gasteiger partial charge in [-0.25, -0.2) is 9.71 Å². The Morgan fingerprint density at radius 3 is 2.64 bits per heavy atom. The van der Waals surface area contributed by atoms with Crippen LogP contribution in [-0.4, -0.2) is 80.1 Å². The molecule has 3 heterocycles. The molecule has 1 fully saturated rings. The number of halogens is 1. The van der Waals surface area contributed by atoms with Gasteiger partial charge in [-0.05, 0) is 35.7 Å². The lowest BCUT2D eigenvalue weighted by molar-refractivity contribution is -0.120. The molecule has 0 spiro atoms. The van der Waals surface area contributed by atoms with Crippen LogP contribution in [0.2, 0.25) is 5.28 Å². The third-order valence-electron chi connectivity index (χ3n) is 5.37. The number of benzene rings is 1. The van der Waals surface area contributed by atoms with Crippen molar-refractivity contribution in [3.05, 3.63) is 41.4 Å². The van der Waals surface area contributed by atoms with Gasteiger partial charge in [-0.3, -0.25) is 13.5 Å². The summed E-state index contributed by atoms with van der Waals surface area (Å²) >= 11 is 5.83. The Kier molecular flexibility index (Phi) is 7.28. The molecule has 15 nitrogen and oxygen atoms in total. The molecule has 3 aromatic rings. The summed E-state index contributed by atoms with van der Waals surface area (Å²) in [6, 6.07) is 4.63. The van der Waals surface area contributed by atoms with E-state index in [9.17, 15) is 28.5 Å². The van der Waals surface area contributed by atoms with E-state index in [1.807, 2.05) is 0 Å². The molecule has 2 aromatic heterocycles. The third kappa shape index (κ3) is 5.49. The lowest BCUT2D eigenvalue weighted by Crippen LogP contribution is -2.45. The quantitative estimate of drug-likeness (QED) is 0.174. The zero-order valence-corrected chi connectivity index (χ0v) is 19.9. The number of nitrogens with two attached hydrogens (primary N) is 2. The number of fused-ring (bicyclic) bond motifs is 1. The van der Waals surface area contributed by atoms with Gasteiger partial charge in [-0.2, -0.15) is 18.4 Å². The Bertz CT molecular complexity index is 1370. The molecule has 0 saturated carbocycles. The second-order valence-corrected chi connectivity index (χ2v) is 9.62. The van der Waals surface area contributed by atoms with Gasteiger partial charge in [0.2, 0.25) is 5.28 Å². The molecule has 4 rings (SSSR count). The van der Waals surface area contributed by atoms with Gasteiger partial charge in [0, 0.05) is 0 Å². The number of aromatic nitrogens is 4. The smallest absolute Gasteiger partial charge is 0.362 e. The number of aliphatic hydroxyl groups excluding tert-OH is 2. The van der Waals surface area contributed by atoms with Crippen molar-refractivity contribution in [2.24, 2.45) is 5.73 Å². The number of amides is 1. The van der Waals surface area contributed by atoms with Gasteiger partial charge in [-0.15, -0.1) is 0 Å². The summed E-state index contributed by atoms with van der Waals surface area (Å²) in [7, 11) is -4.64. The highest BCUT2D eigenvalue weighted by atomic mass is 35.5. The molecule has 1 amide bonds. The highest BCUT2D eigenvalue weighted by Crippen LogP contribution is 2.32. The first-order valence-corrected chi connectivity index (χ1v) is 12.2. The molecule has 0 unspecified atom stereocenters. The van der Waals surface area contributed by atoms with Crippen LogP contribution in [0.15, 0.2) is 30.6 Å². The Labute approximate surface area is 208 Å². The average Bonchev–Trinajstić information content (AvgIpc) is 3.35. The zero-order chi connectivity index (χ0) is 26.2. The van der Waals surface area contributed by atoms with E-state index in [0.717, 1.165) is 0 Å². The van der Waals surface area contributed by atoms with Gasteiger partial charge in [-0.1, -0.05) is 12.1 Å². The fraction of sp³-hybridized carbons (Fsp3) is 0.368. The molecule has 1 aliphatic heterocycles. The van der Waals surface area contributed by atoms with Gasteiger partial charge in [0.05, 0.1) is 19.0 Å². The predicted molar refractivity (Wildman–Crippen MR) is 123 cm³/mol. The Morgan fingerprint density at radius 2 is 1.94 bits per heavy atom. The van der Waals surface area contributed by atoms with Crippen LogP contribution in [0.1, 0.15) is 11.8 Å². The van der Waals surface area contributed by atoms with E-state index < -0.39 is 53.4 Å². The van der Waals surface area contributed by atoms with E-state index in [2.05, 4.69) is 15.0 Å². The van der Waals surface area contributed by atoms with Gasteiger partial charge < -0.3 is 31.5 Å². The molecule has 1 aromatic carbocycles. The maximum Gasteiger partial charge on any atom is 0.362 e. The number of ether oxygens (including phenoxy) is 1. The van der Waals surface area contributed by atoms with Crippen LogP contribution in [0.3, 0.4) is 0 Å². The molecule has 1 aliphatic rings. The van der Waals surface area contributed by atoms with E-state index in [1.165, 1.54) is 35.2 Å². The summed E-state index contributed by atoms with van der Waals surface area (Å²) in [5.41, 5.74) is 12.4. The lowest BCUT2D eigenvalue weighted by Gasteiger charge is -2.17. The SMILES string of the molecule is Nc1nc(Cl)nc2c1ncn2[C@@H]1O[C@H](COS(=O)(=O)NC(=O)[C@@H](N)Cc2ccc(O)cc2)[C@@H](O)[C@H]1O. The summed E-state index contributed by atoms with van der Waals surface area (Å²) in [6.45, 7) is -0.741. The summed E-state index contributed by atoms with van der Waals surface area (Å²) < 4.78 is 37.8. The fourth-order valence-electron chi connectivity index (χ4n) is 3.56. The van der Waals surface area contributed by atoms with Crippen molar-refractivity contribution in [1.29, 1.82) is 0 Å². The number of rotatable bonds is 8. The number of aliphatic hydroxyl groups is 2. The zero-order valence-electron chi connectivity index (χ0n) is 18.3. The second kappa shape index (κ2) is 10.1. The van der Waals surface area contributed by atoms with Crippen LogP contribution >= 0.6 is 11.6 Å². The van der Waals surface area contributed by atoms with E-state index in [4.69, 9.17) is 32.0 Å². The maximum absolute atomic E-state index is 12.2. The number of phenolic OH excluding ortho intramolecular Hbond substituents is 1. The minimum atomic E-state index is -4.64. The number of nitrogen functional groups attached to an aromatic ring is 1. The molecular formula is C19H22ClN7O8S. The number of imidazole rings is 1. The minimum absolute atomic E-state index is 0.00307.